The minimum Gasteiger partial charge on any atom is -0.337 e. The number of hydrogen-bond acceptors (Lipinski definition) is 1. The van der Waals surface area contributed by atoms with E-state index in [1.807, 2.05) is 25.4 Å². The third-order valence-corrected chi connectivity index (χ3v) is 3.10. The van der Waals surface area contributed by atoms with E-state index in [2.05, 4.69) is 36.5 Å². The van der Waals surface area contributed by atoms with Crippen molar-refractivity contribution in [3.05, 3.63) is 24.3 Å². The van der Waals surface area contributed by atoms with E-state index in [0.29, 0.717) is 5.92 Å². The average Bonchev–Trinajstić information content (AvgIpc) is 2.65. The highest BCUT2D eigenvalue weighted by molar-refractivity contribution is 5.42. The fraction of sp³-hybridized carbons (Fsp3) is 0.615. The van der Waals surface area contributed by atoms with Gasteiger partial charge < -0.3 is 4.57 Å². The van der Waals surface area contributed by atoms with Crippen LogP contribution in [0.15, 0.2) is 18.6 Å². The second kappa shape index (κ2) is 5.74. The summed E-state index contributed by atoms with van der Waals surface area (Å²) in [6.07, 6.45) is 9.33. The van der Waals surface area contributed by atoms with E-state index in [0.717, 1.165) is 18.2 Å². The normalized spacial score (nSPS) is 15.7. The molecule has 0 aromatic carbocycles. The van der Waals surface area contributed by atoms with Gasteiger partial charge >= 0.3 is 0 Å². The van der Waals surface area contributed by atoms with Crippen LogP contribution in [-0.2, 0) is 6.54 Å². The molecule has 2 atom stereocenters. The Morgan fingerprint density at radius 2 is 2.13 bits per heavy atom. The zero-order valence-electron chi connectivity index (χ0n) is 10.3. The Bertz CT molecular complexity index is 312. The van der Waals surface area contributed by atoms with Crippen molar-refractivity contribution in [2.24, 2.45) is 11.8 Å². The van der Waals surface area contributed by atoms with Gasteiger partial charge in [-0.25, -0.2) is 4.98 Å². The lowest BCUT2D eigenvalue weighted by atomic mass is 9.94. The zero-order valence-corrected chi connectivity index (χ0v) is 10.3. The molecule has 2 nitrogen and oxygen atoms in total. The first-order chi connectivity index (χ1) is 7.17. The van der Waals surface area contributed by atoms with Gasteiger partial charge in [0, 0.05) is 12.7 Å². The molecule has 84 valence electrons. The molecule has 1 rings (SSSR count). The highest BCUT2D eigenvalue weighted by atomic mass is 15.0. The van der Waals surface area contributed by atoms with Crippen molar-refractivity contribution < 1.29 is 0 Å². The summed E-state index contributed by atoms with van der Waals surface area (Å²) in [6, 6.07) is 0. The number of allylic oxidation sites excluding steroid dienone is 1. The minimum atomic E-state index is 0.711. The molecule has 1 aromatic rings. The van der Waals surface area contributed by atoms with Crippen LogP contribution in [-0.4, -0.2) is 9.55 Å². The lowest BCUT2D eigenvalue weighted by Gasteiger charge is -2.18. The van der Waals surface area contributed by atoms with Crippen molar-refractivity contribution in [3.63, 3.8) is 0 Å². The number of hydrogen-bond donors (Lipinski definition) is 0. The SMILES string of the molecule is C/C=C/c1cn(CC(C)C(C)CC)cn1. The van der Waals surface area contributed by atoms with E-state index in [1.165, 1.54) is 6.42 Å². The molecule has 0 amide bonds. The maximum absolute atomic E-state index is 4.32. The van der Waals surface area contributed by atoms with E-state index in [-0.39, 0.29) is 0 Å². The summed E-state index contributed by atoms with van der Waals surface area (Å²) in [5.74, 6) is 1.49. The Hall–Kier alpha value is -1.05. The summed E-state index contributed by atoms with van der Waals surface area (Å²) in [6.45, 7) is 9.96. The van der Waals surface area contributed by atoms with E-state index in [4.69, 9.17) is 0 Å². The van der Waals surface area contributed by atoms with Gasteiger partial charge in [0.1, 0.15) is 0 Å². The van der Waals surface area contributed by atoms with Crippen LogP contribution in [0.2, 0.25) is 0 Å². The molecule has 2 heteroatoms. The fourth-order valence-electron chi connectivity index (χ4n) is 1.65. The first-order valence-corrected chi connectivity index (χ1v) is 5.81. The number of aromatic nitrogens is 2. The quantitative estimate of drug-likeness (QED) is 0.719. The minimum absolute atomic E-state index is 0.711. The first kappa shape index (κ1) is 12.0. The highest BCUT2D eigenvalue weighted by Gasteiger charge is 2.10. The summed E-state index contributed by atoms with van der Waals surface area (Å²) < 4.78 is 2.19. The summed E-state index contributed by atoms with van der Waals surface area (Å²) in [4.78, 5) is 4.32. The molecule has 0 N–H and O–H groups in total. The number of imidazole rings is 1. The molecule has 0 saturated heterocycles. The van der Waals surface area contributed by atoms with Gasteiger partial charge in [-0.2, -0.15) is 0 Å². The maximum Gasteiger partial charge on any atom is 0.0953 e. The summed E-state index contributed by atoms with van der Waals surface area (Å²) in [5.41, 5.74) is 1.05. The first-order valence-electron chi connectivity index (χ1n) is 5.81. The Morgan fingerprint density at radius 1 is 1.40 bits per heavy atom. The van der Waals surface area contributed by atoms with Crippen LogP contribution in [0.3, 0.4) is 0 Å². The Balaban J connectivity index is 2.56. The molecule has 0 spiro atoms. The predicted octanol–water partition coefficient (Wildman–Crippen LogP) is 3.60. The van der Waals surface area contributed by atoms with Gasteiger partial charge in [-0.3, -0.25) is 0 Å². The topological polar surface area (TPSA) is 17.8 Å². The van der Waals surface area contributed by atoms with Crippen molar-refractivity contribution in [2.45, 2.75) is 40.7 Å². The van der Waals surface area contributed by atoms with E-state index in [9.17, 15) is 0 Å². The van der Waals surface area contributed by atoms with Crippen LogP contribution in [0.1, 0.15) is 39.8 Å². The van der Waals surface area contributed by atoms with E-state index < -0.39 is 0 Å². The fourth-order valence-corrected chi connectivity index (χ4v) is 1.65. The average molecular weight is 206 g/mol. The predicted molar refractivity (Wildman–Crippen MR) is 65.6 cm³/mol. The largest absolute Gasteiger partial charge is 0.337 e. The Labute approximate surface area is 93.0 Å². The van der Waals surface area contributed by atoms with Crippen LogP contribution in [0.25, 0.3) is 6.08 Å². The van der Waals surface area contributed by atoms with Gasteiger partial charge in [-0.05, 0) is 24.8 Å². The van der Waals surface area contributed by atoms with Gasteiger partial charge in [0.2, 0.25) is 0 Å². The van der Waals surface area contributed by atoms with Crippen molar-refractivity contribution in [3.8, 4) is 0 Å². The second-order valence-electron chi connectivity index (χ2n) is 4.36. The van der Waals surface area contributed by atoms with Gasteiger partial charge in [0.15, 0.2) is 0 Å². The molecular formula is C13H22N2. The van der Waals surface area contributed by atoms with Crippen LogP contribution in [0.5, 0.6) is 0 Å². The maximum atomic E-state index is 4.32. The molecule has 0 saturated carbocycles. The second-order valence-corrected chi connectivity index (χ2v) is 4.36. The number of nitrogens with zero attached hydrogens (tertiary/aromatic N) is 2. The van der Waals surface area contributed by atoms with Crippen molar-refractivity contribution >= 4 is 6.08 Å². The van der Waals surface area contributed by atoms with Crippen LogP contribution >= 0.6 is 0 Å². The van der Waals surface area contributed by atoms with Crippen LogP contribution < -0.4 is 0 Å². The lowest BCUT2D eigenvalue weighted by Crippen LogP contribution is -2.13. The monoisotopic (exact) mass is 206 g/mol. The Morgan fingerprint density at radius 3 is 2.73 bits per heavy atom. The summed E-state index contributed by atoms with van der Waals surface area (Å²) in [7, 11) is 0. The van der Waals surface area contributed by atoms with Crippen molar-refractivity contribution in [1.29, 1.82) is 0 Å². The van der Waals surface area contributed by atoms with Crippen molar-refractivity contribution in [2.75, 3.05) is 0 Å². The van der Waals surface area contributed by atoms with Gasteiger partial charge in [-0.1, -0.05) is 33.3 Å². The van der Waals surface area contributed by atoms with Gasteiger partial charge in [0.25, 0.3) is 0 Å². The molecule has 0 aliphatic carbocycles. The third kappa shape index (κ3) is 3.54. The van der Waals surface area contributed by atoms with Gasteiger partial charge in [-0.15, -0.1) is 0 Å². The molecule has 0 fully saturated rings. The van der Waals surface area contributed by atoms with E-state index >= 15 is 0 Å². The molecule has 1 heterocycles. The Kier molecular flexibility index (Phi) is 4.60. The zero-order chi connectivity index (χ0) is 11.3. The van der Waals surface area contributed by atoms with E-state index in [1.54, 1.807) is 0 Å². The molecule has 0 bridgehead atoms. The van der Waals surface area contributed by atoms with Crippen LogP contribution in [0.4, 0.5) is 0 Å². The molecule has 1 aromatic heterocycles. The summed E-state index contributed by atoms with van der Waals surface area (Å²) >= 11 is 0. The highest BCUT2D eigenvalue weighted by Crippen LogP contribution is 2.16. The molecule has 15 heavy (non-hydrogen) atoms. The van der Waals surface area contributed by atoms with Crippen LogP contribution in [0, 0.1) is 11.8 Å². The number of rotatable bonds is 5. The standard InChI is InChI=1S/C13H22N2/c1-5-7-13-9-15(10-14-13)8-12(4)11(3)6-2/h5,7,9-12H,6,8H2,1-4H3/b7-5+. The molecular weight excluding hydrogens is 184 g/mol. The molecule has 0 aliphatic rings. The lowest BCUT2D eigenvalue weighted by molar-refractivity contribution is 0.333. The third-order valence-electron chi connectivity index (χ3n) is 3.10. The molecule has 0 aliphatic heterocycles. The van der Waals surface area contributed by atoms with Crippen molar-refractivity contribution in [1.82, 2.24) is 9.55 Å². The molecule has 2 unspecified atom stereocenters. The van der Waals surface area contributed by atoms with Gasteiger partial charge in [0.05, 0.1) is 12.0 Å². The summed E-state index contributed by atoms with van der Waals surface area (Å²) in [5, 5.41) is 0. The smallest absolute Gasteiger partial charge is 0.0953 e. The molecule has 0 radical (unpaired) electrons.